The summed E-state index contributed by atoms with van der Waals surface area (Å²) in [7, 11) is 0. The molecule has 6 heteroatoms. The lowest BCUT2D eigenvalue weighted by Gasteiger charge is -2.30. The maximum Gasteiger partial charge on any atom is 0.303 e. The molecule has 0 saturated heterocycles. The van der Waals surface area contributed by atoms with Crippen LogP contribution in [0.1, 0.15) is 19.6 Å². The molecule has 0 bridgehead atoms. The predicted octanol–water partition coefficient (Wildman–Crippen LogP) is 1.56. The normalized spacial score (nSPS) is 22.0. The molecule has 0 N–H and O–H groups in total. The van der Waals surface area contributed by atoms with Crippen molar-refractivity contribution in [3.05, 3.63) is 30.2 Å². The average molecular weight is 280 g/mol. The van der Waals surface area contributed by atoms with E-state index in [0.717, 1.165) is 0 Å². The lowest BCUT2D eigenvalue weighted by Crippen LogP contribution is -2.40. The predicted molar refractivity (Wildman–Crippen MR) is 68.6 cm³/mol. The van der Waals surface area contributed by atoms with Crippen LogP contribution in [0, 0.1) is 0 Å². The highest BCUT2D eigenvalue weighted by atomic mass is 16.6. The summed E-state index contributed by atoms with van der Waals surface area (Å²) in [6, 6.07) is 3.52. The van der Waals surface area contributed by atoms with Crippen LogP contribution >= 0.6 is 0 Å². The van der Waals surface area contributed by atoms with E-state index in [1.807, 2.05) is 0 Å². The van der Waals surface area contributed by atoms with E-state index in [1.54, 1.807) is 18.2 Å². The van der Waals surface area contributed by atoms with Gasteiger partial charge in [-0.3, -0.25) is 9.59 Å². The van der Waals surface area contributed by atoms with E-state index in [2.05, 4.69) is 0 Å². The number of carbonyl (C=O) groups excluding carboxylic acids is 2. The first-order valence-corrected chi connectivity index (χ1v) is 6.24. The first-order valence-electron chi connectivity index (χ1n) is 6.24. The molecule has 0 saturated carbocycles. The minimum Gasteiger partial charge on any atom is -0.465 e. The van der Waals surface area contributed by atoms with Crippen molar-refractivity contribution in [3.8, 4) is 0 Å². The number of esters is 2. The zero-order valence-corrected chi connectivity index (χ0v) is 11.3. The van der Waals surface area contributed by atoms with Crippen molar-refractivity contribution >= 4 is 17.5 Å². The van der Waals surface area contributed by atoms with Gasteiger partial charge >= 0.3 is 11.9 Å². The Labute approximate surface area is 116 Å². The number of hydrogen-bond donors (Lipinski definition) is 0. The van der Waals surface area contributed by atoms with Gasteiger partial charge in [0, 0.05) is 19.4 Å². The van der Waals surface area contributed by atoms with E-state index >= 15 is 0 Å². The Bertz CT molecular complexity index is 502. The fourth-order valence-electron chi connectivity index (χ4n) is 2.00. The highest BCUT2D eigenvalue weighted by molar-refractivity contribution is 5.72. The second kappa shape index (κ2) is 6.38. The smallest absolute Gasteiger partial charge is 0.303 e. The molecule has 1 aromatic heterocycles. The van der Waals surface area contributed by atoms with Crippen LogP contribution in [-0.2, 0) is 23.8 Å². The van der Waals surface area contributed by atoms with Gasteiger partial charge in [0.25, 0.3) is 0 Å². The van der Waals surface area contributed by atoms with Gasteiger partial charge in [-0.1, -0.05) is 0 Å². The van der Waals surface area contributed by atoms with Crippen molar-refractivity contribution in [1.82, 2.24) is 0 Å². The fourth-order valence-corrected chi connectivity index (χ4v) is 2.00. The number of hydrogen-bond acceptors (Lipinski definition) is 6. The van der Waals surface area contributed by atoms with Crippen LogP contribution in [0.15, 0.2) is 28.9 Å². The molecule has 1 aromatic rings. The standard InChI is InChI=1S/C14H16O6/c1-9(15)19-8-13-14(20-10(2)16)11(5-7-18-13)12-4-3-6-17-12/h3-6,13-14H,7-8H2,1-2H3/t13-,14+/m1/s1. The van der Waals surface area contributed by atoms with Crippen LogP contribution in [0.2, 0.25) is 0 Å². The molecule has 20 heavy (non-hydrogen) atoms. The Kier molecular flexibility index (Phi) is 4.57. The van der Waals surface area contributed by atoms with Crippen LogP contribution in [0.25, 0.3) is 5.57 Å². The van der Waals surface area contributed by atoms with Gasteiger partial charge in [-0.05, 0) is 18.2 Å². The maximum atomic E-state index is 11.3. The molecule has 0 fully saturated rings. The molecular formula is C14H16O6. The number of furan rings is 1. The van der Waals surface area contributed by atoms with Crippen LogP contribution in [-0.4, -0.2) is 37.4 Å². The number of rotatable bonds is 4. The molecule has 1 aliphatic heterocycles. The monoisotopic (exact) mass is 280 g/mol. The Balaban J connectivity index is 2.19. The quantitative estimate of drug-likeness (QED) is 0.779. The van der Waals surface area contributed by atoms with E-state index in [4.69, 9.17) is 18.6 Å². The minimum absolute atomic E-state index is 0.0192. The van der Waals surface area contributed by atoms with Crippen LogP contribution in [0.4, 0.5) is 0 Å². The molecule has 2 atom stereocenters. The molecule has 0 unspecified atom stereocenters. The lowest BCUT2D eigenvalue weighted by molar-refractivity contribution is -0.157. The van der Waals surface area contributed by atoms with Crippen molar-refractivity contribution < 1.29 is 28.2 Å². The molecule has 1 aliphatic rings. The van der Waals surface area contributed by atoms with Crippen molar-refractivity contribution in [2.45, 2.75) is 26.1 Å². The topological polar surface area (TPSA) is 75.0 Å². The Hall–Kier alpha value is -2.08. The first-order chi connectivity index (χ1) is 9.58. The third kappa shape index (κ3) is 3.48. The Morgan fingerprint density at radius 3 is 2.75 bits per heavy atom. The molecule has 0 radical (unpaired) electrons. The van der Waals surface area contributed by atoms with Gasteiger partial charge in [-0.25, -0.2) is 0 Å². The van der Waals surface area contributed by atoms with Gasteiger partial charge in [0.05, 0.1) is 12.9 Å². The van der Waals surface area contributed by atoms with Gasteiger partial charge in [-0.2, -0.15) is 0 Å². The van der Waals surface area contributed by atoms with E-state index in [9.17, 15) is 9.59 Å². The summed E-state index contributed by atoms with van der Waals surface area (Å²) in [6.45, 7) is 2.98. The van der Waals surface area contributed by atoms with Crippen molar-refractivity contribution in [1.29, 1.82) is 0 Å². The molecule has 2 rings (SSSR count). The van der Waals surface area contributed by atoms with Crippen molar-refractivity contribution in [3.63, 3.8) is 0 Å². The summed E-state index contributed by atoms with van der Waals surface area (Å²) >= 11 is 0. The molecule has 0 aromatic carbocycles. The maximum absolute atomic E-state index is 11.3. The fraction of sp³-hybridized carbons (Fsp3) is 0.429. The lowest BCUT2D eigenvalue weighted by atomic mass is 9.99. The highest BCUT2D eigenvalue weighted by Gasteiger charge is 2.34. The Morgan fingerprint density at radius 2 is 2.15 bits per heavy atom. The van der Waals surface area contributed by atoms with Crippen LogP contribution in [0.5, 0.6) is 0 Å². The van der Waals surface area contributed by atoms with E-state index in [-0.39, 0.29) is 6.61 Å². The van der Waals surface area contributed by atoms with E-state index < -0.39 is 24.1 Å². The second-order valence-corrected chi connectivity index (χ2v) is 4.34. The summed E-state index contributed by atoms with van der Waals surface area (Å²) in [5.74, 6) is -0.248. The van der Waals surface area contributed by atoms with E-state index in [0.29, 0.717) is 17.9 Å². The summed E-state index contributed by atoms with van der Waals surface area (Å²) in [6.07, 6.45) is 2.12. The molecule has 0 aliphatic carbocycles. The first kappa shape index (κ1) is 14.3. The van der Waals surface area contributed by atoms with Crippen molar-refractivity contribution in [2.24, 2.45) is 0 Å². The van der Waals surface area contributed by atoms with Gasteiger partial charge < -0.3 is 18.6 Å². The molecule has 2 heterocycles. The molecule has 0 amide bonds. The third-order valence-corrected chi connectivity index (χ3v) is 2.81. The number of ether oxygens (including phenoxy) is 3. The van der Waals surface area contributed by atoms with E-state index in [1.165, 1.54) is 20.1 Å². The summed E-state index contributed by atoms with van der Waals surface area (Å²) in [4.78, 5) is 22.2. The Morgan fingerprint density at radius 1 is 1.35 bits per heavy atom. The SMILES string of the molecule is CC(=O)OC[C@H]1OCC=C(c2ccco2)[C@@H]1OC(C)=O. The van der Waals surface area contributed by atoms with Gasteiger partial charge in [0.2, 0.25) is 0 Å². The summed E-state index contributed by atoms with van der Waals surface area (Å²) in [5.41, 5.74) is 0.716. The molecular weight excluding hydrogens is 264 g/mol. The number of carbonyl (C=O) groups is 2. The molecule has 6 nitrogen and oxygen atoms in total. The van der Waals surface area contributed by atoms with Crippen LogP contribution in [0.3, 0.4) is 0 Å². The largest absolute Gasteiger partial charge is 0.465 e. The van der Waals surface area contributed by atoms with Gasteiger partial charge in [0.15, 0.2) is 6.10 Å². The zero-order valence-electron chi connectivity index (χ0n) is 11.3. The zero-order chi connectivity index (χ0) is 14.5. The van der Waals surface area contributed by atoms with Gasteiger partial charge in [0.1, 0.15) is 18.5 Å². The summed E-state index contributed by atoms with van der Waals surface area (Å²) in [5, 5.41) is 0. The molecule has 0 spiro atoms. The highest BCUT2D eigenvalue weighted by Crippen LogP contribution is 2.28. The summed E-state index contributed by atoms with van der Waals surface area (Å²) < 4.78 is 21.1. The van der Waals surface area contributed by atoms with Gasteiger partial charge in [-0.15, -0.1) is 0 Å². The minimum atomic E-state index is -0.660. The second-order valence-electron chi connectivity index (χ2n) is 4.34. The average Bonchev–Trinajstić information content (AvgIpc) is 2.90. The third-order valence-electron chi connectivity index (χ3n) is 2.81. The van der Waals surface area contributed by atoms with Crippen LogP contribution < -0.4 is 0 Å². The van der Waals surface area contributed by atoms with Crippen molar-refractivity contribution in [2.75, 3.05) is 13.2 Å². The molecule has 108 valence electrons.